The van der Waals surface area contributed by atoms with E-state index in [1.807, 2.05) is 0 Å². The van der Waals surface area contributed by atoms with Gasteiger partial charge in [-0.1, -0.05) is 39.0 Å². The summed E-state index contributed by atoms with van der Waals surface area (Å²) in [5.74, 6) is -3.29. The van der Waals surface area contributed by atoms with Crippen LogP contribution in [0.15, 0.2) is 43.0 Å². The first kappa shape index (κ1) is 38.8. The second-order valence-electron chi connectivity index (χ2n) is 15.6. The molecule has 2 saturated carbocycles. The molecular weight excluding hydrogens is 707 g/mol. The Kier molecular flexibility index (Phi) is 10.1. The molecule has 1 aromatic carbocycles. The average Bonchev–Trinajstić information content (AvgIpc) is 3.94. The Labute approximate surface area is 300 Å². The number of aromatic nitrogens is 1. The fourth-order valence-corrected chi connectivity index (χ4v) is 7.56. The number of ether oxygens (including phenoxy) is 2. The van der Waals surface area contributed by atoms with Gasteiger partial charge in [0.05, 0.1) is 17.3 Å². The van der Waals surface area contributed by atoms with E-state index in [4.69, 9.17) is 9.47 Å². The number of rotatable bonds is 10. The Bertz CT molecular complexity index is 1890. The molecule has 1 aliphatic heterocycles. The molecule has 5 rings (SSSR count). The molecule has 2 heterocycles. The monoisotopic (exact) mass is 751 g/mol. The van der Waals surface area contributed by atoms with Gasteiger partial charge in [0.15, 0.2) is 0 Å². The zero-order valence-corrected chi connectivity index (χ0v) is 30.6. The summed E-state index contributed by atoms with van der Waals surface area (Å²) >= 11 is 0. The zero-order valence-electron chi connectivity index (χ0n) is 29.8. The molecule has 3 N–H and O–H groups in total. The van der Waals surface area contributed by atoms with E-state index in [2.05, 4.69) is 26.9 Å². The summed E-state index contributed by atoms with van der Waals surface area (Å²) in [6.07, 6.45) is -4.70. The largest absolute Gasteiger partial charge is 0.488 e. The summed E-state index contributed by atoms with van der Waals surface area (Å²) in [4.78, 5) is 59.7. The molecule has 284 valence electrons. The number of hydrogen-bond acceptors (Lipinski definition) is 9. The van der Waals surface area contributed by atoms with E-state index in [0.717, 1.165) is 11.0 Å². The third-order valence-electron chi connectivity index (χ3n) is 9.13. The summed E-state index contributed by atoms with van der Waals surface area (Å²) < 4.78 is 80.4. The van der Waals surface area contributed by atoms with Crippen LogP contribution in [-0.4, -0.2) is 83.2 Å². The van der Waals surface area contributed by atoms with Gasteiger partial charge < -0.3 is 25.0 Å². The van der Waals surface area contributed by atoms with Gasteiger partial charge in [0.1, 0.15) is 40.8 Å². The molecule has 52 heavy (non-hydrogen) atoms. The molecule has 3 aliphatic rings. The number of nitrogens with zero attached hydrogens (tertiary/aromatic N) is 2. The summed E-state index contributed by atoms with van der Waals surface area (Å²) in [6.45, 7) is 13.4. The van der Waals surface area contributed by atoms with Gasteiger partial charge >= 0.3 is 12.3 Å². The van der Waals surface area contributed by atoms with E-state index < -0.39 is 91.6 Å². The number of amides is 4. The van der Waals surface area contributed by atoms with Crippen molar-refractivity contribution in [2.75, 3.05) is 6.54 Å². The molecule has 2 aromatic rings. The van der Waals surface area contributed by atoms with Crippen LogP contribution in [-0.2, 0) is 35.3 Å². The van der Waals surface area contributed by atoms with E-state index in [9.17, 15) is 40.8 Å². The molecule has 0 bridgehead atoms. The molecule has 17 heteroatoms. The van der Waals surface area contributed by atoms with Crippen molar-refractivity contribution in [2.45, 2.75) is 108 Å². The second-order valence-corrected chi connectivity index (χ2v) is 17.6. The lowest BCUT2D eigenvalue weighted by Gasteiger charge is -2.36. The van der Waals surface area contributed by atoms with E-state index in [0.29, 0.717) is 12.8 Å². The molecule has 4 amide bonds. The molecule has 2 aliphatic carbocycles. The normalized spacial score (nSPS) is 24.1. The molecule has 5 atom stereocenters. The van der Waals surface area contributed by atoms with Crippen molar-refractivity contribution in [1.29, 1.82) is 0 Å². The van der Waals surface area contributed by atoms with E-state index in [1.54, 1.807) is 47.6 Å². The number of fused-ring (bicyclic) bond motifs is 1. The Morgan fingerprint density at radius 2 is 1.73 bits per heavy atom. The quantitative estimate of drug-likeness (QED) is 0.301. The van der Waals surface area contributed by atoms with E-state index in [1.165, 1.54) is 24.3 Å². The van der Waals surface area contributed by atoms with Crippen LogP contribution in [0.3, 0.4) is 0 Å². The van der Waals surface area contributed by atoms with Crippen LogP contribution in [0.1, 0.15) is 72.9 Å². The van der Waals surface area contributed by atoms with Crippen LogP contribution in [0.2, 0.25) is 0 Å². The summed E-state index contributed by atoms with van der Waals surface area (Å²) in [6, 6.07) is 4.19. The number of likely N-dealkylation sites (tertiary alicyclic amines) is 1. The molecule has 1 unspecified atom stereocenters. The smallest absolute Gasteiger partial charge is 0.433 e. The van der Waals surface area contributed by atoms with Crippen molar-refractivity contribution in [3.05, 3.63) is 48.7 Å². The first-order valence-corrected chi connectivity index (χ1v) is 18.4. The lowest BCUT2D eigenvalue weighted by molar-refractivity contribution is -0.143. The number of alkyl halides is 3. The Morgan fingerprint density at radius 1 is 1.08 bits per heavy atom. The molecule has 3 fully saturated rings. The number of nitrogens with one attached hydrogen (secondary N) is 3. The predicted molar refractivity (Wildman–Crippen MR) is 183 cm³/mol. The number of pyridine rings is 1. The third kappa shape index (κ3) is 8.45. The predicted octanol–water partition coefficient (Wildman–Crippen LogP) is 4.21. The van der Waals surface area contributed by atoms with Crippen LogP contribution in [0.25, 0.3) is 10.9 Å². The van der Waals surface area contributed by atoms with Crippen LogP contribution in [0.4, 0.5) is 18.0 Å². The number of alkyl carbamates (subject to hydrolysis) is 1. The molecule has 0 spiro atoms. The van der Waals surface area contributed by atoms with Crippen molar-refractivity contribution in [3.63, 3.8) is 0 Å². The standard InChI is InChI=1S/C35H44F3N5O8S/c1-8-19-17-34(19,30(46)42-52(48,49)21-13-14-21)41-28(44)24-15-20(50-25-16-26(35(36,37)38)39-23-12-10-9-11-22(23)25)18-43(24)29(45)27(32(2,3)4)40-31(47)51-33(5,6)7/h8-12,16,19-21,24,27H,1,13-15,17-18H2,2-7H3,(H,40,47)(H,41,44)(H,42,46)/t19?,20-,24+,27-,34-/m1/s1. The first-order valence-electron chi connectivity index (χ1n) is 16.9. The third-order valence-corrected chi connectivity index (χ3v) is 11.0. The van der Waals surface area contributed by atoms with Crippen LogP contribution in [0, 0.1) is 11.3 Å². The van der Waals surface area contributed by atoms with Crippen molar-refractivity contribution in [2.24, 2.45) is 11.3 Å². The van der Waals surface area contributed by atoms with Gasteiger partial charge in [-0.05, 0) is 57.6 Å². The number of sulfonamides is 1. The van der Waals surface area contributed by atoms with Gasteiger partial charge in [-0.25, -0.2) is 18.2 Å². The first-order chi connectivity index (χ1) is 23.9. The van der Waals surface area contributed by atoms with Gasteiger partial charge in [-0.15, -0.1) is 6.58 Å². The lowest BCUT2D eigenvalue weighted by atomic mass is 9.85. The van der Waals surface area contributed by atoms with Gasteiger partial charge in [-0.2, -0.15) is 13.2 Å². The summed E-state index contributed by atoms with van der Waals surface area (Å²) in [5, 5.41) is 4.82. The van der Waals surface area contributed by atoms with Gasteiger partial charge in [0, 0.05) is 23.8 Å². The van der Waals surface area contributed by atoms with E-state index in [-0.39, 0.29) is 36.0 Å². The second kappa shape index (κ2) is 13.5. The highest BCUT2D eigenvalue weighted by atomic mass is 32.2. The summed E-state index contributed by atoms with van der Waals surface area (Å²) in [5.41, 5.74) is -4.69. The maximum Gasteiger partial charge on any atom is 0.433 e. The van der Waals surface area contributed by atoms with Gasteiger partial charge in [-0.3, -0.25) is 19.1 Å². The SMILES string of the molecule is C=CC1C[C@]1(NC(=O)[C@@H]1C[C@@H](Oc2cc(C(F)(F)F)nc3ccccc23)CN1C(=O)[C@@H](NC(=O)OC(C)(C)C)C(C)(C)C)C(=O)NS(=O)(=O)C1CC1. The molecule has 1 aromatic heterocycles. The zero-order chi connectivity index (χ0) is 38.6. The fraction of sp³-hybridized carbons (Fsp3) is 0.571. The molecule has 13 nitrogen and oxygen atoms in total. The maximum absolute atomic E-state index is 14.4. The van der Waals surface area contributed by atoms with E-state index >= 15 is 0 Å². The van der Waals surface area contributed by atoms with Crippen LogP contribution >= 0.6 is 0 Å². The van der Waals surface area contributed by atoms with Crippen molar-refractivity contribution in [3.8, 4) is 5.75 Å². The number of para-hydroxylation sites is 1. The number of carbonyl (C=O) groups is 4. The highest BCUT2D eigenvalue weighted by molar-refractivity contribution is 7.91. The molecular formula is C35H44F3N5O8S. The Balaban J connectivity index is 1.48. The minimum atomic E-state index is -4.80. The fourth-order valence-electron chi connectivity index (χ4n) is 6.20. The maximum atomic E-state index is 14.4. The van der Waals surface area contributed by atoms with Gasteiger partial charge in [0.25, 0.3) is 5.91 Å². The molecule has 1 saturated heterocycles. The number of hydrogen-bond donors (Lipinski definition) is 3. The molecule has 0 radical (unpaired) electrons. The topological polar surface area (TPSA) is 173 Å². The van der Waals surface area contributed by atoms with Crippen molar-refractivity contribution < 1.29 is 50.2 Å². The Hall–Kier alpha value is -4.41. The lowest BCUT2D eigenvalue weighted by Crippen LogP contribution is -2.60. The number of benzene rings is 1. The highest BCUT2D eigenvalue weighted by Gasteiger charge is 2.62. The minimum Gasteiger partial charge on any atom is -0.488 e. The van der Waals surface area contributed by atoms with Crippen molar-refractivity contribution >= 4 is 44.7 Å². The van der Waals surface area contributed by atoms with Crippen LogP contribution < -0.4 is 20.1 Å². The van der Waals surface area contributed by atoms with Gasteiger partial charge in [0.2, 0.25) is 21.8 Å². The number of carbonyl (C=O) groups excluding carboxylic acids is 4. The summed E-state index contributed by atoms with van der Waals surface area (Å²) in [7, 11) is -3.97. The minimum absolute atomic E-state index is 0.0141. The Morgan fingerprint density at radius 3 is 2.29 bits per heavy atom. The average molecular weight is 752 g/mol. The number of halogens is 3. The highest BCUT2D eigenvalue weighted by Crippen LogP contribution is 2.46. The van der Waals surface area contributed by atoms with Crippen LogP contribution in [0.5, 0.6) is 5.75 Å². The van der Waals surface area contributed by atoms with Crippen molar-refractivity contribution in [1.82, 2.24) is 25.2 Å².